The first-order chi connectivity index (χ1) is 12.1. The van der Waals surface area contributed by atoms with Crippen LogP contribution in [-0.4, -0.2) is 11.2 Å². The third-order valence-corrected chi connectivity index (χ3v) is 7.46. The van der Waals surface area contributed by atoms with Gasteiger partial charge in [-0.25, -0.2) is 0 Å². The zero-order chi connectivity index (χ0) is 17.6. The lowest BCUT2D eigenvalue weighted by Gasteiger charge is -2.22. The second kappa shape index (κ2) is 6.51. The highest BCUT2D eigenvalue weighted by atomic mass is 35.5. The Labute approximate surface area is 158 Å². The monoisotopic (exact) mass is 373 g/mol. The molecule has 0 aliphatic heterocycles. The fourth-order valence-electron chi connectivity index (χ4n) is 4.76. The molecular weight excluding hydrogens is 350 g/mol. The Morgan fingerprint density at radius 3 is 2.60 bits per heavy atom. The van der Waals surface area contributed by atoms with E-state index in [9.17, 15) is 4.79 Å². The normalized spacial score (nSPS) is 26.1. The van der Waals surface area contributed by atoms with Crippen LogP contribution in [0.4, 0.5) is 0 Å². The summed E-state index contributed by atoms with van der Waals surface area (Å²) in [5, 5.41) is 0.816. The summed E-state index contributed by atoms with van der Waals surface area (Å²) in [7, 11) is 0. The second-order valence-corrected chi connectivity index (χ2v) is 8.82. The molecule has 1 heterocycles. The standard InChI is InChI=1S/C21H24ClNOS/c1-13-7-10-19(23-20(13)24)21(12-16(21)14-5-3-4-6-14)15-8-9-18(25-2)17(22)11-15/h7-11,14,16H,3-6,12H2,1-2H3,(H,23,24)/t16-,21-/m1/s1. The molecule has 25 heavy (non-hydrogen) atoms. The van der Waals surface area contributed by atoms with E-state index in [4.69, 9.17) is 11.6 Å². The fraction of sp³-hybridized carbons (Fsp3) is 0.476. The van der Waals surface area contributed by atoms with Gasteiger partial charge >= 0.3 is 0 Å². The van der Waals surface area contributed by atoms with Gasteiger partial charge in [-0.1, -0.05) is 49.4 Å². The first-order valence-electron chi connectivity index (χ1n) is 9.10. The molecule has 0 radical (unpaired) electrons. The third-order valence-electron chi connectivity index (χ3n) is 6.24. The van der Waals surface area contributed by atoms with Crippen molar-refractivity contribution < 1.29 is 0 Å². The molecule has 0 unspecified atom stereocenters. The number of aryl methyl sites for hydroxylation is 1. The summed E-state index contributed by atoms with van der Waals surface area (Å²) in [5.41, 5.74) is 3.05. The first kappa shape index (κ1) is 17.2. The van der Waals surface area contributed by atoms with Crippen molar-refractivity contribution in [1.29, 1.82) is 0 Å². The van der Waals surface area contributed by atoms with Crippen molar-refractivity contribution in [2.45, 2.75) is 49.3 Å². The minimum Gasteiger partial charge on any atom is -0.325 e. The van der Waals surface area contributed by atoms with Gasteiger partial charge in [0.25, 0.3) is 5.56 Å². The maximum absolute atomic E-state index is 12.3. The highest BCUT2D eigenvalue weighted by Crippen LogP contribution is 2.64. The van der Waals surface area contributed by atoms with Crippen molar-refractivity contribution in [2.75, 3.05) is 6.26 Å². The molecule has 2 saturated carbocycles. The third kappa shape index (κ3) is 2.86. The van der Waals surface area contributed by atoms with Crippen molar-refractivity contribution in [3.8, 4) is 0 Å². The Morgan fingerprint density at radius 1 is 1.20 bits per heavy atom. The van der Waals surface area contributed by atoms with Crippen molar-refractivity contribution in [1.82, 2.24) is 4.98 Å². The van der Waals surface area contributed by atoms with Crippen LogP contribution in [-0.2, 0) is 5.41 Å². The number of halogens is 1. The Bertz CT molecular complexity index is 855. The topological polar surface area (TPSA) is 32.9 Å². The van der Waals surface area contributed by atoms with Crippen molar-refractivity contribution in [3.63, 3.8) is 0 Å². The van der Waals surface area contributed by atoms with E-state index in [-0.39, 0.29) is 11.0 Å². The van der Waals surface area contributed by atoms with Crippen LogP contribution in [0.2, 0.25) is 5.02 Å². The van der Waals surface area contributed by atoms with Gasteiger partial charge < -0.3 is 4.98 Å². The van der Waals surface area contributed by atoms with E-state index < -0.39 is 0 Å². The van der Waals surface area contributed by atoms with E-state index in [0.717, 1.165) is 33.5 Å². The fourth-order valence-corrected chi connectivity index (χ4v) is 5.63. The molecule has 2 fully saturated rings. The van der Waals surface area contributed by atoms with E-state index in [2.05, 4.69) is 29.2 Å². The first-order valence-corrected chi connectivity index (χ1v) is 10.7. The molecular formula is C21H24ClNOS. The molecule has 2 nitrogen and oxygen atoms in total. The van der Waals surface area contributed by atoms with Gasteiger partial charge in [-0.05, 0) is 55.2 Å². The quantitative estimate of drug-likeness (QED) is 0.712. The van der Waals surface area contributed by atoms with Gasteiger partial charge in [-0.15, -0.1) is 11.8 Å². The lowest BCUT2D eigenvalue weighted by Crippen LogP contribution is -2.22. The van der Waals surface area contributed by atoms with Crippen LogP contribution < -0.4 is 5.56 Å². The Kier molecular flexibility index (Phi) is 4.49. The molecule has 132 valence electrons. The summed E-state index contributed by atoms with van der Waals surface area (Å²) in [4.78, 5) is 16.5. The van der Waals surface area contributed by atoms with Gasteiger partial charge in [-0.3, -0.25) is 4.79 Å². The summed E-state index contributed by atoms with van der Waals surface area (Å²) in [6, 6.07) is 10.5. The lowest BCUT2D eigenvalue weighted by molar-refractivity contribution is 0.442. The number of benzene rings is 1. The Hall–Kier alpha value is -1.19. The predicted octanol–water partition coefficient (Wildman–Crippen LogP) is 5.55. The van der Waals surface area contributed by atoms with Crippen LogP contribution in [0, 0.1) is 18.8 Å². The molecule has 0 amide bonds. The highest BCUT2D eigenvalue weighted by molar-refractivity contribution is 7.98. The van der Waals surface area contributed by atoms with Gasteiger partial charge in [0.15, 0.2) is 0 Å². The zero-order valence-corrected chi connectivity index (χ0v) is 16.3. The molecule has 4 heteroatoms. The van der Waals surface area contributed by atoms with Crippen LogP contribution in [0.15, 0.2) is 40.0 Å². The largest absolute Gasteiger partial charge is 0.325 e. The van der Waals surface area contributed by atoms with Gasteiger partial charge in [0.1, 0.15) is 0 Å². The molecule has 1 aromatic carbocycles. The average molecular weight is 374 g/mol. The van der Waals surface area contributed by atoms with E-state index in [1.54, 1.807) is 11.8 Å². The van der Waals surface area contributed by atoms with Gasteiger partial charge in [0.05, 0.1) is 5.02 Å². The molecule has 0 spiro atoms. The van der Waals surface area contributed by atoms with E-state index in [0.29, 0.717) is 5.92 Å². The number of hydrogen-bond acceptors (Lipinski definition) is 2. The summed E-state index contributed by atoms with van der Waals surface area (Å²) >= 11 is 8.19. The van der Waals surface area contributed by atoms with Crippen LogP contribution >= 0.6 is 23.4 Å². The minimum absolute atomic E-state index is 0.0285. The van der Waals surface area contributed by atoms with Gasteiger partial charge in [0.2, 0.25) is 0 Å². The number of nitrogens with one attached hydrogen (secondary N) is 1. The number of aromatic nitrogens is 1. The molecule has 1 N–H and O–H groups in total. The number of H-pyrrole nitrogens is 1. The summed E-state index contributed by atoms with van der Waals surface area (Å²) in [6.07, 6.45) is 8.48. The molecule has 2 aliphatic carbocycles. The Morgan fingerprint density at radius 2 is 1.96 bits per heavy atom. The molecule has 1 aromatic heterocycles. The molecule has 2 atom stereocenters. The molecule has 0 saturated heterocycles. The number of thioether (sulfide) groups is 1. The van der Waals surface area contributed by atoms with Crippen molar-refractivity contribution >= 4 is 23.4 Å². The SMILES string of the molecule is CSc1ccc([C@]2(c3ccc(C)c(=O)[nH]3)C[C@@H]2C2CCCC2)cc1Cl. The smallest absolute Gasteiger partial charge is 0.251 e. The molecule has 4 rings (SSSR count). The van der Waals surface area contributed by atoms with Crippen LogP contribution in [0.5, 0.6) is 0 Å². The lowest BCUT2D eigenvalue weighted by atomic mass is 9.84. The molecule has 0 bridgehead atoms. The van der Waals surface area contributed by atoms with Crippen LogP contribution in [0.3, 0.4) is 0 Å². The van der Waals surface area contributed by atoms with Crippen molar-refractivity contribution in [2.24, 2.45) is 11.8 Å². The molecule has 2 aliphatic rings. The predicted molar refractivity (Wildman–Crippen MR) is 106 cm³/mol. The summed E-state index contributed by atoms with van der Waals surface area (Å²) in [6.45, 7) is 1.86. The van der Waals surface area contributed by atoms with Crippen LogP contribution in [0.1, 0.15) is 48.9 Å². The number of rotatable bonds is 4. The second-order valence-electron chi connectivity index (χ2n) is 7.56. The summed E-state index contributed by atoms with van der Waals surface area (Å²) < 4.78 is 0. The van der Waals surface area contributed by atoms with E-state index in [1.165, 1.54) is 31.2 Å². The van der Waals surface area contributed by atoms with E-state index in [1.807, 2.05) is 19.2 Å². The Balaban J connectivity index is 1.81. The van der Waals surface area contributed by atoms with E-state index >= 15 is 0 Å². The number of aromatic amines is 1. The maximum atomic E-state index is 12.3. The minimum atomic E-state index is -0.0670. The molecule has 2 aromatic rings. The summed E-state index contributed by atoms with van der Waals surface area (Å²) in [5.74, 6) is 1.38. The highest BCUT2D eigenvalue weighted by Gasteiger charge is 2.60. The number of pyridine rings is 1. The van der Waals surface area contributed by atoms with Gasteiger partial charge in [-0.2, -0.15) is 0 Å². The van der Waals surface area contributed by atoms with Gasteiger partial charge in [0, 0.05) is 21.6 Å². The average Bonchev–Trinajstić information content (AvgIpc) is 3.13. The zero-order valence-electron chi connectivity index (χ0n) is 14.8. The maximum Gasteiger partial charge on any atom is 0.251 e. The van der Waals surface area contributed by atoms with Crippen molar-refractivity contribution in [3.05, 3.63) is 62.5 Å². The number of hydrogen-bond donors (Lipinski definition) is 1. The van der Waals surface area contributed by atoms with Crippen LogP contribution in [0.25, 0.3) is 0 Å².